The first-order valence-corrected chi connectivity index (χ1v) is 12.1. The number of halogens is 3. The third-order valence-electron chi connectivity index (χ3n) is 8.42. The van der Waals surface area contributed by atoms with Crippen molar-refractivity contribution in [2.24, 2.45) is 17.3 Å². The summed E-state index contributed by atoms with van der Waals surface area (Å²) in [7, 11) is 1.21. The summed E-state index contributed by atoms with van der Waals surface area (Å²) < 4.78 is 50.8. The fourth-order valence-electron chi connectivity index (χ4n) is 6.69. The molecule has 2 aliphatic heterocycles. The number of alkyl halides is 3. The van der Waals surface area contributed by atoms with Gasteiger partial charge in [0, 0.05) is 11.0 Å². The summed E-state index contributed by atoms with van der Waals surface area (Å²) in [5.74, 6) is -4.14. The van der Waals surface area contributed by atoms with Crippen LogP contribution in [0, 0.1) is 24.2 Å². The molecule has 0 N–H and O–H groups in total. The van der Waals surface area contributed by atoms with Crippen LogP contribution in [0.1, 0.15) is 40.7 Å². The van der Waals surface area contributed by atoms with Gasteiger partial charge in [0.25, 0.3) is 0 Å². The summed E-state index contributed by atoms with van der Waals surface area (Å²) in [5, 5.41) is 0. The number of hydrogen-bond donors (Lipinski definition) is 0. The minimum Gasteiger partial charge on any atom is -0.481 e. The lowest BCUT2D eigenvalue weighted by Crippen LogP contribution is -2.64. The predicted octanol–water partition coefficient (Wildman–Crippen LogP) is 4.42. The number of rotatable bonds is 3. The average Bonchev–Trinajstić information content (AvgIpc) is 3.17. The van der Waals surface area contributed by atoms with E-state index in [4.69, 9.17) is 9.47 Å². The molecule has 2 heterocycles. The van der Waals surface area contributed by atoms with Gasteiger partial charge in [-0.1, -0.05) is 18.2 Å². The standard InChI is InChI=1S/C28H22F3NO6/c1-14-4-3-5-17-22(34)18-12-26(13-19(33)37-2)10-11-27(18,38-23(14)17)21-20(26)24(35)32(25(21)36)16-8-6-15(7-9-16)28(29,30)31/h3-9,12,20-21H,10-11,13H2,1-2H3/t20-,21+,26+,27+/m0/s1. The Kier molecular flexibility index (Phi) is 4.99. The molecule has 0 aromatic heterocycles. The van der Waals surface area contributed by atoms with Crippen molar-refractivity contribution < 1.29 is 41.8 Å². The first kappa shape index (κ1) is 24.4. The molecular weight excluding hydrogens is 503 g/mol. The Morgan fingerprint density at radius 3 is 2.39 bits per heavy atom. The molecule has 4 atom stereocenters. The van der Waals surface area contributed by atoms with Crippen molar-refractivity contribution >= 4 is 29.3 Å². The fraction of sp³-hybridized carbons (Fsp3) is 0.357. The van der Waals surface area contributed by atoms with E-state index in [9.17, 15) is 32.3 Å². The van der Waals surface area contributed by atoms with Crippen LogP contribution in [-0.2, 0) is 25.3 Å². The van der Waals surface area contributed by atoms with Gasteiger partial charge in [0.15, 0.2) is 5.78 Å². The van der Waals surface area contributed by atoms with Crippen LogP contribution in [-0.4, -0.2) is 36.3 Å². The van der Waals surface area contributed by atoms with Crippen LogP contribution in [0.2, 0.25) is 0 Å². The molecule has 7 rings (SSSR count). The maximum absolute atomic E-state index is 14.0. The number of benzene rings is 2. The van der Waals surface area contributed by atoms with E-state index in [0.29, 0.717) is 16.9 Å². The zero-order valence-corrected chi connectivity index (χ0v) is 20.4. The molecule has 2 fully saturated rings. The summed E-state index contributed by atoms with van der Waals surface area (Å²) in [5.41, 5.74) is -2.33. The molecular formula is C28H22F3NO6. The Morgan fingerprint density at radius 2 is 1.74 bits per heavy atom. The van der Waals surface area contributed by atoms with E-state index in [0.717, 1.165) is 29.2 Å². The third-order valence-corrected chi connectivity index (χ3v) is 8.42. The van der Waals surface area contributed by atoms with Crippen LogP contribution in [0.15, 0.2) is 54.1 Å². The molecule has 10 heteroatoms. The number of allylic oxidation sites excluding steroid dienone is 1. The second-order valence-electron chi connectivity index (χ2n) is 10.3. The van der Waals surface area contributed by atoms with Crippen LogP contribution in [0.5, 0.6) is 5.75 Å². The Hall–Kier alpha value is -3.95. The fourth-order valence-corrected chi connectivity index (χ4v) is 6.69. The Labute approximate surface area is 215 Å². The van der Waals surface area contributed by atoms with Crippen LogP contribution < -0.4 is 9.64 Å². The number of Topliss-reactive ketones (excluding diaryl/α,β-unsaturated/α-hetero) is 1. The molecule has 2 aromatic rings. The summed E-state index contributed by atoms with van der Waals surface area (Å²) in [6.45, 7) is 1.78. The number of aryl methyl sites for hydroxylation is 1. The molecule has 0 unspecified atom stereocenters. The summed E-state index contributed by atoms with van der Waals surface area (Å²) >= 11 is 0. The van der Waals surface area contributed by atoms with E-state index < -0.39 is 52.4 Å². The van der Waals surface area contributed by atoms with Crippen LogP contribution in [0.4, 0.5) is 18.9 Å². The number of nitrogens with zero attached hydrogens (tertiary/aromatic N) is 1. The maximum Gasteiger partial charge on any atom is 0.416 e. The van der Waals surface area contributed by atoms with Crippen molar-refractivity contribution in [2.45, 2.75) is 38.0 Å². The van der Waals surface area contributed by atoms with Crippen LogP contribution in [0.25, 0.3) is 0 Å². The molecule has 196 valence electrons. The SMILES string of the molecule is COC(=O)C[C@]12C=C3C(=O)c4cccc(C)c4O[C@@]3(CC1)[C@H]1C(=O)N(c3ccc(C(F)(F)F)cc3)C(=O)[C@H]12. The van der Waals surface area contributed by atoms with Gasteiger partial charge in [-0.2, -0.15) is 13.2 Å². The van der Waals surface area contributed by atoms with Crippen molar-refractivity contribution in [3.63, 3.8) is 0 Å². The van der Waals surface area contributed by atoms with E-state index in [1.807, 2.05) is 0 Å². The van der Waals surface area contributed by atoms with Gasteiger partial charge in [-0.05, 0) is 55.7 Å². The second-order valence-corrected chi connectivity index (χ2v) is 10.3. The average molecular weight is 525 g/mol. The van der Waals surface area contributed by atoms with Gasteiger partial charge in [0.05, 0.1) is 42.2 Å². The van der Waals surface area contributed by atoms with Gasteiger partial charge in [0.2, 0.25) is 11.8 Å². The molecule has 2 bridgehead atoms. The molecule has 2 aromatic carbocycles. The van der Waals surface area contributed by atoms with Crippen LogP contribution >= 0.6 is 0 Å². The highest BCUT2D eigenvalue weighted by atomic mass is 19.4. The van der Waals surface area contributed by atoms with Crippen molar-refractivity contribution in [1.29, 1.82) is 0 Å². The lowest BCUT2D eigenvalue weighted by atomic mass is 9.48. The van der Waals surface area contributed by atoms with Gasteiger partial charge in [-0.3, -0.25) is 19.2 Å². The number of hydrogen-bond acceptors (Lipinski definition) is 6. The molecule has 2 amide bonds. The van der Waals surface area contributed by atoms with Crippen LogP contribution in [0.3, 0.4) is 0 Å². The number of carbonyl (C=O) groups is 4. The molecule has 1 saturated heterocycles. The Morgan fingerprint density at radius 1 is 1.05 bits per heavy atom. The number of anilines is 1. The topological polar surface area (TPSA) is 90.0 Å². The molecule has 38 heavy (non-hydrogen) atoms. The number of esters is 1. The van der Waals surface area contributed by atoms with Gasteiger partial charge in [-0.15, -0.1) is 0 Å². The van der Waals surface area contributed by atoms with Gasteiger partial charge in [0.1, 0.15) is 11.4 Å². The monoisotopic (exact) mass is 525 g/mol. The number of imide groups is 1. The molecule has 7 nitrogen and oxygen atoms in total. The molecule has 1 saturated carbocycles. The first-order chi connectivity index (χ1) is 17.9. The van der Waals surface area contributed by atoms with E-state index in [1.165, 1.54) is 7.11 Å². The smallest absolute Gasteiger partial charge is 0.416 e. The lowest BCUT2D eigenvalue weighted by molar-refractivity contribution is -0.154. The minimum atomic E-state index is -4.59. The van der Waals surface area contributed by atoms with Crippen molar-refractivity contribution in [2.75, 3.05) is 12.0 Å². The zero-order valence-electron chi connectivity index (χ0n) is 20.4. The van der Waals surface area contributed by atoms with Crippen molar-refractivity contribution in [1.82, 2.24) is 0 Å². The highest BCUT2D eigenvalue weighted by Gasteiger charge is 2.73. The van der Waals surface area contributed by atoms with E-state index in [1.54, 1.807) is 31.2 Å². The molecule has 5 aliphatic rings. The summed E-state index contributed by atoms with van der Waals surface area (Å²) in [6, 6.07) is 8.88. The van der Waals surface area contributed by atoms with E-state index >= 15 is 0 Å². The van der Waals surface area contributed by atoms with Gasteiger partial charge >= 0.3 is 12.1 Å². The number of amides is 2. The second kappa shape index (κ2) is 7.78. The predicted molar refractivity (Wildman–Crippen MR) is 126 cm³/mol. The zero-order chi connectivity index (χ0) is 27.2. The summed E-state index contributed by atoms with van der Waals surface area (Å²) in [4.78, 5) is 55.1. The third kappa shape index (κ3) is 3.09. The number of methoxy groups -OCH3 is 1. The number of para-hydroxylation sites is 1. The highest BCUT2D eigenvalue weighted by Crippen LogP contribution is 2.65. The van der Waals surface area contributed by atoms with Crippen molar-refractivity contribution in [3.8, 4) is 5.75 Å². The Balaban J connectivity index is 1.52. The number of fused-ring (bicyclic) bond motifs is 2. The highest BCUT2D eigenvalue weighted by molar-refractivity contribution is 6.25. The number of ether oxygens (including phenoxy) is 2. The number of ketones is 1. The Bertz CT molecular complexity index is 1460. The molecule has 3 aliphatic carbocycles. The largest absolute Gasteiger partial charge is 0.481 e. The maximum atomic E-state index is 14.0. The molecule has 1 spiro atoms. The van der Waals surface area contributed by atoms with E-state index in [2.05, 4.69) is 0 Å². The van der Waals surface area contributed by atoms with Crippen molar-refractivity contribution in [3.05, 3.63) is 70.8 Å². The quantitative estimate of drug-likeness (QED) is 0.436. The molecule has 0 radical (unpaired) electrons. The number of carbonyl (C=O) groups excluding carboxylic acids is 4. The van der Waals surface area contributed by atoms with Gasteiger partial charge < -0.3 is 9.47 Å². The minimum absolute atomic E-state index is 0.0216. The normalized spacial score (nSPS) is 29.3. The summed E-state index contributed by atoms with van der Waals surface area (Å²) in [6.07, 6.45) is -2.73. The lowest BCUT2D eigenvalue weighted by Gasteiger charge is -2.57. The van der Waals surface area contributed by atoms with Gasteiger partial charge in [-0.25, -0.2) is 4.90 Å². The first-order valence-electron chi connectivity index (χ1n) is 12.1. The van der Waals surface area contributed by atoms with E-state index in [-0.39, 0.29) is 36.3 Å².